The molecule has 0 radical (unpaired) electrons. The maximum atomic E-state index is 13.3. The number of nitrogens with two attached hydrogens (primary N) is 1. The van der Waals surface area contributed by atoms with Gasteiger partial charge in [-0.05, 0) is 37.8 Å². The molecule has 188 valence electrons. The normalized spacial score (nSPS) is 17.6. The van der Waals surface area contributed by atoms with Crippen LogP contribution in [0, 0.1) is 25.2 Å². The summed E-state index contributed by atoms with van der Waals surface area (Å²) in [5.41, 5.74) is 10.2. The standard InChI is InChI=1S/C24H22N8O2S3/c1-12-6-3-4-7-14(12)19-15(10-25)21(26)32(16-8-5-9-17(33)20(16)19)23-30-31-24(37-23)35-11-18(34)27-22-29-28-13(2)36-22/h3-4,6-7,19H,5,8-9,11,26H2,1-2H3,(H,27,29,34). The van der Waals surface area contributed by atoms with Gasteiger partial charge in [-0.3, -0.25) is 19.8 Å². The number of Topliss-reactive ketones (excluding diaryl/α,β-unsaturated/α-hetero) is 1. The summed E-state index contributed by atoms with van der Waals surface area (Å²) in [6.07, 6.45) is 1.75. The predicted octanol–water partition coefficient (Wildman–Crippen LogP) is 4.04. The number of nitrogens with one attached hydrogen (secondary N) is 1. The Hall–Kier alpha value is -3.60. The maximum absolute atomic E-state index is 13.3. The molecule has 3 heterocycles. The zero-order chi connectivity index (χ0) is 26.1. The van der Waals surface area contributed by atoms with Crippen molar-refractivity contribution >= 4 is 56.4 Å². The van der Waals surface area contributed by atoms with Gasteiger partial charge < -0.3 is 5.73 Å². The molecule has 1 atom stereocenters. The Kier molecular flexibility index (Phi) is 7.05. The molecule has 0 saturated carbocycles. The van der Waals surface area contributed by atoms with Crippen molar-refractivity contribution in [2.24, 2.45) is 5.73 Å². The molecule has 2 aliphatic rings. The fourth-order valence-electron chi connectivity index (χ4n) is 4.51. The Morgan fingerprint density at radius 3 is 2.76 bits per heavy atom. The van der Waals surface area contributed by atoms with Crippen LogP contribution in [0.15, 0.2) is 51.3 Å². The third-order valence-corrected chi connectivity index (χ3v) is 8.89. The first-order chi connectivity index (χ1) is 17.9. The van der Waals surface area contributed by atoms with Crippen LogP contribution in [0.2, 0.25) is 0 Å². The second-order valence-corrected chi connectivity index (χ2v) is 11.8. The minimum Gasteiger partial charge on any atom is -0.384 e. The van der Waals surface area contributed by atoms with Gasteiger partial charge in [0, 0.05) is 17.7 Å². The van der Waals surface area contributed by atoms with Gasteiger partial charge in [0.1, 0.15) is 10.8 Å². The van der Waals surface area contributed by atoms with Gasteiger partial charge >= 0.3 is 0 Å². The Bertz CT molecular complexity index is 1500. The highest BCUT2D eigenvalue weighted by Crippen LogP contribution is 2.47. The van der Waals surface area contributed by atoms with Gasteiger partial charge in [0.25, 0.3) is 0 Å². The van der Waals surface area contributed by atoms with E-state index in [9.17, 15) is 14.9 Å². The molecule has 1 aliphatic heterocycles. The lowest BCUT2D eigenvalue weighted by Crippen LogP contribution is -2.38. The number of nitriles is 1. The van der Waals surface area contributed by atoms with E-state index in [0.29, 0.717) is 45.0 Å². The molecule has 3 N–H and O–H groups in total. The fourth-order valence-corrected chi connectivity index (χ4v) is 6.80. The van der Waals surface area contributed by atoms with Crippen LogP contribution in [-0.2, 0) is 9.59 Å². The molecule has 1 amide bonds. The van der Waals surface area contributed by atoms with Gasteiger partial charge in [-0.25, -0.2) is 0 Å². The molecule has 1 aromatic carbocycles. The highest BCUT2D eigenvalue weighted by atomic mass is 32.2. The molecule has 0 spiro atoms. The lowest BCUT2D eigenvalue weighted by atomic mass is 9.75. The lowest BCUT2D eigenvalue weighted by molar-refractivity contribution is -0.116. The first-order valence-corrected chi connectivity index (χ1v) is 14.1. The molecule has 37 heavy (non-hydrogen) atoms. The first kappa shape index (κ1) is 25.1. The van der Waals surface area contributed by atoms with Crippen molar-refractivity contribution in [3.8, 4) is 6.07 Å². The van der Waals surface area contributed by atoms with Crippen molar-refractivity contribution in [3.63, 3.8) is 0 Å². The highest BCUT2D eigenvalue weighted by Gasteiger charge is 2.41. The van der Waals surface area contributed by atoms with Crippen molar-refractivity contribution in [2.45, 2.75) is 43.4 Å². The molecule has 13 heteroatoms. The van der Waals surface area contributed by atoms with Gasteiger partial charge in [-0.15, -0.1) is 20.4 Å². The summed E-state index contributed by atoms with van der Waals surface area (Å²) in [4.78, 5) is 27.3. The quantitative estimate of drug-likeness (QED) is 0.430. The molecule has 3 aromatic rings. The summed E-state index contributed by atoms with van der Waals surface area (Å²) >= 11 is 3.79. The van der Waals surface area contributed by atoms with E-state index in [1.54, 1.807) is 4.90 Å². The second-order valence-electron chi connectivity index (χ2n) is 8.49. The Labute approximate surface area is 225 Å². The van der Waals surface area contributed by atoms with E-state index in [1.165, 1.54) is 34.4 Å². The Morgan fingerprint density at radius 2 is 2.03 bits per heavy atom. The minimum atomic E-state index is -0.514. The Balaban J connectivity index is 1.44. The SMILES string of the molecule is Cc1nnc(NC(=O)CSc2nnc(N3C(N)=C(C#N)C(c4ccccc4C)C4=C3CCCC4=O)s2)s1. The van der Waals surface area contributed by atoms with Gasteiger partial charge in [0.05, 0.1) is 23.3 Å². The number of carbonyl (C=O) groups excluding carboxylic acids is 2. The van der Waals surface area contributed by atoms with Crippen LogP contribution in [0.1, 0.15) is 41.3 Å². The summed E-state index contributed by atoms with van der Waals surface area (Å²) in [6, 6.07) is 10.0. The number of rotatable bonds is 6. The summed E-state index contributed by atoms with van der Waals surface area (Å²) in [5, 5.41) is 30.9. The van der Waals surface area contributed by atoms with Crippen LogP contribution < -0.4 is 16.0 Å². The van der Waals surface area contributed by atoms with Crippen molar-refractivity contribution in [1.29, 1.82) is 5.26 Å². The highest BCUT2D eigenvalue weighted by molar-refractivity contribution is 8.01. The van der Waals surface area contributed by atoms with E-state index in [1.807, 2.05) is 38.1 Å². The van der Waals surface area contributed by atoms with Crippen molar-refractivity contribution in [3.05, 3.63) is 63.1 Å². The van der Waals surface area contributed by atoms with Crippen LogP contribution in [0.5, 0.6) is 0 Å². The molecule has 0 bridgehead atoms. The van der Waals surface area contributed by atoms with E-state index in [4.69, 9.17) is 5.73 Å². The number of ketones is 1. The van der Waals surface area contributed by atoms with Crippen molar-refractivity contribution in [2.75, 3.05) is 16.0 Å². The van der Waals surface area contributed by atoms with E-state index >= 15 is 0 Å². The third-order valence-electron chi connectivity index (χ3n) is 6.10. The number of hydrogen-bond acceptors (Lipinski definition) is 12. The number of carbonyl (C=O) groups is 2. The lowest BCUT2D eigenvalue weighted by Gasteiger charge is -2.38. The summed E-state index contributed by atoms with van der Waals surface area (Å²) < 4.78 is 0.565. The smallest absolute Gasteiger partial charge is 0.236 e. The molecule has 5 rings (SSSR count). The molecule has 1 unspecified atom stereocenters. The number of amides is 1. The van der Waals surface area contributed by atoms with E-state index < -0.39 is 5.92 Å². The van der Waals surface area contributed by atoms with Crippen LogP contribution in [-0.4, -0.2) is 37.8 Å². The average Bonchev–Trinajstić information content (AvgIpc) is 3.51. The van der Waals surface area contributed by atoms with E-state index in [2.05, 4.69) is 31.8 Å². The number of thioether (sulfide) groups is 1. The molecule has 2 aromatic heterocycles. The Morgan fingerprint density at radius 1 is 1.22 bits per heavy atom. The second kappa shape index (κ2) is 10.4. The van der Waals surface area contributed by atoms with Crippen molar-refractivity contribution in [1.82, 2.24) is 20.4 Å². The van der Waals surface area contributed by atoms with Crippen LogP contribution in [0.4, 0.5) is 10.3 Å². The zero-order valence-electron chi connectivity index (χ0n) is 20.0. The van der Waals surface area contributed by atoms with Crippen LogP contribution in [0.3, 0.4) is 0 Å². The summed E-state index contributed by atoms with van der Waals surface area (Å²) in [5.74, 6) is -0.362. The fraction of sp³-hybridized carbons (Fsp3) is 0.292. The monoisotopic (exact) mass is 550 g/mol. The zero-order valence-corrected chi connectivity index (χ0v) is 22.5. The molecule has 10 nitrogen and oxygen atoms in total. The number of anilines is 2. The predicted molar refractivity (Wildman–Crippen MR) is 143 cm³/mol. The average molecular weight is 551 g/mol. The van der Waals surface area contributed by atoms with Crippen LogP contribution >= 0.6 is 34.4 Å². The van der Waals surface area contributed by atoms with E-state index in [-0.39, 0.29) is 23.3 Å². The number of nitrogens with zero attached hydrogens (tertiary/aromatic N) is 6. The number of aryl methyl sites for hydroxylation is 2. The molecular formula is C24H22N8O2S3. The molecule has 0 fully saturated rings. The van der Waals surface area contributed by atoms with Crippen molar-refractivity contribution < 1.29 is 9.59 Å². The molecule has 1 aliphatic carbocycles. The molecular weight excluding hydrogens is 529 g/mol. The van der Waals surface area contributed by atoms with Crippen LogP contribution in [0.25, 0.3) is 0 Å². The number of aromatic nitrogens is 4. The number of allylic oxidation sites excluding steroid dienone is 3. The van der Waals surface area contributed by atoms with Gasteiger partial charge in [0.2, 0.25) is 16.2 Å². The summed E-state index contributed by atoms with van der Waals surface area (Å²) in [7, 11) is 0. The maximum Gasteiger partial charge on any atom is 0.236 e. The molecule has 0 saturated heterocycles. The van der Waals surface area contributed by atoms with Gasteiger partial charge in [0.15, 0.2) is 10.1 Å². The number of hydrogen-bond donors (Lipinski definition) is 2. The largest absolute Gasteiger partial charge is 0.384 e. The minimum absolute atomic E-state index is 0.0162. The first-order valence-electron chi connectivity index (χ1n) is 11.4. The third kappa shape index (κ3) is 4.87. The van der Waals surface area contributed by atoms with E-state index in [0.717, 1.165) is 21.8 Å². The topological polar surface area (TPSA) is 151 Å². The number of benzene rings is 1. The van der Waals surface area contributed by atoms with Gasteiger partial charge in [-0.1, -0.05) is 58.7 Å². The summed E-state index contributed by atoms with van der Waals surface area (Å²) in [6.45, 7) is 3.78. The van der Waals surface area contributed by atoms with Gasteiger partial charge in [-0.2, -0.15) is 5.26 Å².